The highest BCUT2D eigenvalue weighted by Gasteiger charge is 2.13. The molecule has 0 unspecified atom stereocenters. The Morgan fingerprint density at radius 3 is 1.38 bits per heavy atom. The Bertz CT molecular complexity index is 2390. The molecular weight excluding hydrogens is 829 g/mol. The maximum atomic E-state index is 11.8. The standard InChI is InChI=1S/C24H27N5O3.C20H21N5O.C4H8O3/c1-17(30)16-23(31)26-19-4-2-18(3-5-19)22-10-11-25-24(28-22)27-20-6-8-21(9-7-20)29-12-14-32-15-13-29;21-16-3-1-15(2-4-16)19-9-10-22-20(24-19)23-17-5-7-18(8-6-17)25-11-13-26-14-12-25;1-3(5)2-4(6)7/h2-11,17,30H,12-16H2,1H3,(H,26,31)(H,25,27,28);1-10H,11-14,21H2,(H,22,23,24);3,5H,2H2,1H3,(H,6,7)/t17-;;3-/m1.1/s1. The molecule has 1 amide bonds. The van der Waals surface area contributed by atoms with Gasteiger partial charge >= 0.3 is 5.97 Å². The minimum Gasteiger partial charge on any atom is -0.481 e. The molecule has 17 heteroatoms. The normalized spacial score (nSPS) is 14.3. The number of aliphatic carboxylic acids is 1. The summed E-state index contributed by atoms with van der Waals surface area (Å²) in [4.78, 5) is 43.9. The molecule has 2 aliphatic rings. The maximum absolute atomic E-state index is 11.8. The molecule has 0 radical (unpaired) electrons. The smallest absolute Gasteiger partial charge is 0.305 e. The number of aliphatic hydroxyl groups excluding tert-OH is 2. The molecule has 0 spiro atoms. The van der Waals surface area contributed by atoms with Crippen LogP contribution in [-0.4, -0.2) is 112 Å². The van der Waals surface area contributed by atoms with E-state index in [1.165, 1.54) is 18.3 Å². The molecule has 4 heterocycles. The topological polar surface area (TPSA) is 233 Å². The predicted octanol–water partition coefficient (Wildman–Crippen LogP) is 6.58. The summed E-state index contributed by atoms with van der Waals surface area (Å²) in [6.45, 7) is 9.78. The van der Waals surface area contributed by atoms with Crippen molar-refractivity contribution in [2.75, 3.05) is 84.1 Å². The van der Waals surface area contributed by atoms with Crippen molar-refractivity contribution >= 4 is 57.9 Å². The number of aliphatic hydroxyl groups is 2. The van der Waals surface area contributed by atoms with Gasteiger partial charge in [-0.25, -0.2) is 19.9 Å². The molecule has 65 heavy (non-hydrogen) atoms. The molecule has 2 saturated heterocycles. The number of hydrogen-bond donors (Lipinski definition) is 7. The van der Waals surface area contributed by atoms with E-state index in [0.717, 1.165) is 92.2 Å². The van der Waals surface area contributed by atoms with Crippen LogP contribution in [0.15, 0.2) is 122 Å². The molecule has 2 fully saturated rings. The zero-order chi connectivity index (χ0) is 46.0. The monoisotopic (exact) mass is 884 g/mol. The van der Waals surface area contributed by atoms with E-state index in [9.17, 15) is 14.7 Å². The van der Waals surface area contributed by atoms with Crippen molar-refractivity contribution < 1.29 is 34.4 Å². The Kier molecular flexibility index (Phi) is 17.5. The Balaban J connectivity index is 0.000000191. The fourth-order valence-corrected chi connectivity index (χ4v) is 6.68. The summed E-state index contributed by atoms with van der Waals surface area (Å²) in [6, 6.07) is 35.3. The van der Waals surface area contributed by atoms with Gasteiger partial charge in [0.05, 0.1) is 62.9 Å². The van der Waals surface area contributed by atoms with Crippen LogP contribution in [0.25, 0.3) is 22.5 Å². The summed E-state index contributed by atoms with van der Waals surface area (Å²) in [5.74, 6) is -0.106. The fourth-order valence-electron chi connectivity index (χ4n) is 6.68. The zero-order valence-corrected chi connectivity index (χ0v) is 36.5. The molecule has 2 atom stereocenters. The first kappa shape index (κ1) is 47.3. The zero-order valence-electron chi connectivity index (χ0n) is 36.5. The van der Waals surface area contributed by atoms with Gasteiger partial charge in [-0.15, -0.1) is 0 Å². The van der Waals surface area contributed by atoms with Gasteiger partial charge in [-0.3, -0.25) is 9.59 Å². The van der Waals surface area contributed by atoms with Gasteiger partial charge in [-0.05, 0) is 98.8 Å². The Hall–Kier alpha value is -7.18. The number of ether oxygens (including phenoxy) is 2. The molecule has 0 aliphatic carbocycles. The van der Waals surface area contributed by atoms with Gasteiger partial charge in [0, 0.05) is 83.8 Å². The highest BCUT2D eigenvalue weighted by atomic mass is 16.5. The van der Waals surface area contributed by atoms with Crippen molar-refractivity contribution in [1.29, 1.82) is 0 Å². The first-order valence-electron chi connectivity index (χ1n) is 21.4. The van der Waals surface area contributed by atoms with Crippen molar-refractivity contribution in [1.82, 2.24) is 19.9 Å². The Morgan fingerprint density at radius 2 is 1.00 bits per heavy atom. The van der Waals surface area contributed by atoms with E-state index in [1.54, 1.807) is 19.3 Å². The van der Waals surface area contributed by atoms with E-state index in [0.29, 0.717) is 17.6 Å². The van der Waals surface area contributed by atoms with E-state index < -0.39 is 18.2 Å². The number of carboxylic acid groups (broad SMARTS) is 1. The number of aromatic nitrogens is 4. The number of nitrogens with two attached hydrogens (primary N) is 1. The number of carbonyl (C=O) groups is 2. The molecule has 340 valence electrons. The summed E-state index contributed by atoms with van der Waals surface area (Å²) < 4.78 is 10.8. The molecule has 8 rings (SSSR count). The summed E-state index contributed by atoms with van der Waals surface area (Å²) in [6.07, 6.45) is 1.97. The quantitative estimate of drug-likeness (QED) is 0.0607. The average molecular weight is 885 g/mol. The number of amides is 1. The minimum absolute atomic E-state index is 0.0656. The molecule has 0 bridgehead atoms. The third-order valence-corrected chi connectivity index (χ3v) is 9.93. The third-order valence-electron chi connectivity index (χ3n) is 9.93. The van der Waals surface area contributed by atoms with E-state index in [1.807, 2.05) is 84.9 Å². The van der Waals surface area contributed by atoms with Gasteiger partial charge in [0.1, 0.15) is 0 Å². The number of rotatable bonds is 13. The second-order valence-electron chi connectivity index (χ2n) is 15.3. The van der Waals surface area contributed by atoms with Crippen molar-refractivity contribution in [2.45, 2.75) is 38.9 Å². The fraction of sp³-hybridized carbons (Fsp3) is 0.292. The van der Waals surface area contributed by atoms with Crippen molar-refractivity contribution in [3.8, 4) is 22.5 Å². The molecule has 0 saturated carbocycles. The summed E-state index contributed by atoms with van der Waals surface area (Å²) in [5, 5.41) is 34.9. The number of nitrogens with one attached hydrogen (secondary N) is 3. The van der Waals surface area contributed by atoms with Crippen LogP contribution < -0.4 is 31.5 Å². The summed E-state index contributed by atoms with van der Waals surface area (Å²) in [7, 11) is 0. The van der Waals surface area contributed by atoms with Crippen molar-refractivity contribution in [3.05, 3.63) is 122 Å². The molecule has 8 N–H and O–H groups in total. The van der Waals surface area contributed by atoms with Crippen LogP contribution >= 0.6 is 0 Å². The molecule has 2 aromatic heterocycles. The van der Waals surface area contributed by atoms with Crippen LogP contribution in [0.2, 0.25) is 0 Å². The van der Waals surface area contributed by atoms with Crippen LogP contribution in [0.3, 0.4) is 0 Å². The number of nitrogen functional groups attached to an aromatic ring is 1. The van der Waals surface area contributed by atoms with Crippen LogP contribution in [0.4, 0.5) is 46.0 Å². The lowest BCUT2D eigenvalue weighted by atomic mass is 10.1. The molecule has 6 aromatic rings. The molecule has 2 aliphatic heterocycles. The molecule has 4 aromatic carbocycles. The van der Waals surface area contributed by atoms with Crippen LogP contribution in [0, 0.1) is 0 Å². The predicted molar refractivity (Wildman–Crippen MR) is 254 cm³/mol. The van der Waals surface area contributed by atoms with Gasteiger partial charge in [0.25, 0.3) is 0 Å². The average Bonchev–Trinajstić information content (AvgIpc) is 3.30. The number of carboxylic acids is 1. The number of anilines is 8. The van der Waals surface area contributed by atoms with E-state index in [-0.39, 0.29) is 18.7 Å². The third kappa shape index (κ3) is 15.5. The summed E-state index contributed by atoms with van der Waals surface area (Å²) in [5.41, 5.74) is 14.9. The maximum Gasteiger partial charge on any atom is 0.305 e. The van der Waals surface area contributed by atoms with Gasteiger partial charge in [-0.2, -0.15) is 0 Å². The van der Waals surface area contributed by atoms with E-state index in [4.69, 9.17) is 25.4 Å². The first-order chi connectivity index (χ1) is 31.5. The number of carbonyl (C=O) groups excluding carboxylic acids is 1. The van der Waals surface area contributed by atoms with E-state index in [2.05, 4.69) is 70.0 Å². The lowest BCUT2D eigenvalue weighted by Gasteiger charge is -2.28. The van der Waals surface area contributed by atoms with Crippen molar-refractivity contribution in [3.63, 3.8) is 0 Å². The molecule has 17 nitrogen and oxygen atoms in total. The number of benzene rings is 4. The first-order valence-corrected chi connectivity index (χ1v) is 21.4. The van der Waals surface area contributed by atoms with Crippen LogP contribution in [0.1, 0.15) is 26.7 Å². The minimum atomic E-state index is -0.963. The van der Waals surface area contributed by atoms with Gasteiger partial charge in [-0.1, -0.05) is 24.3 Å². The van der Waals surface area contributed by atoms with Gasteiger partial charge < -0.3 is 56.3 Å². The van der Waals surface area contributed by atoms with Gasteiger partial charge in [0.15, 0.2) is 0 Å². The van der Waals surface area contributed by atoms with Crippen LogP contribution in [0.5, 0.6) is 0 Å². The van der Waals surface area contributed by atoms with Gasteiger partial charge in [0.2, 0.25) is 17.8 Å². The SMILES string of the molecule is C[C@@H](O)CC(=O)Nc1ccc(-c2ccnc(Nc3ccc(N4CCOCC4)cc3)n2)cc1.C[C@@H](O)CC(=O)O.Nc1ccc(-c2ccnc(Nc3ccc(N4CCOCC4)cc3)n2)cc1. The lowest BCUT2D eigenvalue weighted by molar-refractivity contribution is -0.138. The number of morpholine rings is 2. The van der Waals surface area contributed by atoms with Crippen LogP contribution in [-0.2, 0) is 19.1 Å². The number of hydrogen-bond acceptors (Lipinski definition) is 15. The largest absolute Gasteiger partial charge is 0.481 e. The van der Waals surface area contributed by atoms with E-state index >= 15 is 0 Å². The molecular formula is C48H56N10O7. The number of nitrogens with zero attached hydrogens (tertiary/aromatic N) is 6. The highest BCUT2D eigenvalue weighted by molar-refractivity contribution is 5.91. The summed E-state index contributed by atoms with van der Waals surface area (Å²) >= 11 is 0. The van der Waals surface area contributed by atoms with Crippen molar-refractivity contribution in [2.24, 2.45) is 0 Å². The Labute approximate surface area is 378 Å². The highest BCUT2D eigenvalue weighted by Crippen LogP contribution is 2.25. The second-order valence-corrected chi connectivity index (χ2v) is 15.3. The lowest BCUT2D eigenvalue weighted by Crippen LogP contribution is -2.36. The second kappa shape index (κ2) is 24.0. The Morgan fingerprint density at radius 1 is 0.600 bits per heavy atom.